The SMILES string of the molecule is CC(C)Cc1[nH]c(=O)[nH]c1-c1occc1P(=O)(O)O. The molecule has 19 heavy (non-hydrogen) atoms. The highest BCUT2D eigenvalue weighted by Gasteiger charge is 2.27. The van der Waals surface area contributed by atoms with Crippen LogP contribution in [0, 0.1) is 5.92 Å². The van der Waals surface area contributed by atoms with Gasteiger partial charge in [-0.1, -0.05) is 13.8 Å². The summed E-state index contributed by atoms with van der Waals surface area (Å²) in [4.78, 5) is 35.0. The molecule has 0 bridgehead atoms. The number of hydrogen-bond donors (Lipinski definition) is 4. The summed E-state index contributed by atoms with van der Waals surface area (Å²) in [5.41, 5.74) is 0.436. The fourth-order valence-electron chi connectivity index (χ4n) is 1.89. The second kappa shape index (κ2) is 4.85. The predicted molar refractivity (Wildman–Crippen MR) is 69.3 cm³/mol. The van der Waals surface area contributed by atoms with Crippen molar-refractivity contribution in [2.24, 2.45) is 5.92 Å². The Morgan fingerprint density at radius 3 is 2.63 bits per heavy atom. The molecule has 4 N–H and O–H groups in total. The van der Waals surface area contributed by atoms with Crippen molar-refractivity contribution in [3.05, 3.63) is 28.5 Å². The Bertz CT molecular complexity index is 675. The molecule has 2 aromatic heterocycles. The Morgan fingerprint density at radius 1 is 1.37 bits per heavy atom. The summed E-state index contributed by atoms with van der Waals surface area (Å²) < 4.78 is 16.5. The summed E-state index contributed by atoms with van der Waals surface area (Å²) in [5, 5.41) is -0.229. The van der Waals surface area contributed by atoms with Gasteiger partial charge >= 0.3 is 13.3 Å². The Morgan fingerprint density at radius 2 is 2.05 bits per heavy atom. The first-order valence-corrected chi connectivity index (χ1v) is 7.35. The minimum atomic E-state index is -4.45. The Kier molecular flexibility index (Phi) is 3.54. The van der Waals surface area contributed by atoms with Gasteiger partial charge < -0.3 is 24.2 Å². The number of rotatable bonds is 4. The maximum atomic E-state index is 11.4. The number of hydrogen-bond acceptors (Lipinski definition) is 3. The first-order chi connectivity index (χ1) is 8.79. The fraction of sp³-hybridized carbons (Fsp3) is 0.364. The predicted octanol–water partition coefficient (Wildman–Crippen LogP) is 0.964. The number of imidazole rings is 1. The zero-order valence-electron chi connectivity index (χ0n) is 10.5. The number of aromatic amines is 2. The van der Waals surface area contributed by atoms with E-state index >= 15 is 0 Å². The van der Waals surface area contributed by atoms with Crippen LogP contribution in [0.1, 0.15) is 19.5 Å². The number of aromatic nitrogens is 2. The number of furan rings is 1. The van der Waals surface area contributed by atoms with E-state index in [0.717, 1.165) is 0 Å². The van der Waals surface area contributed by atoms with Gasteiger partial charge in [-0.05, 0) is 18.4 Å². The minimum Gasteiger partial charge on any atom is -0.462 e. The highest BCUT2D eigenvalue weighted by Crippen LogP contribution is 2.38. The molecular formula is C11H15N2O5P. The quantitative estimate of drug-likeness (QED) is 0.624. The van der Waals surface area contributed by atoms with E-state index in [2.05, 4.69) is 9.97 Å². The Balaban J connectivity index is 2.57. The van der Waals surface area contributed by atoms with Gasteiger partial charge in [-0.3, -0.25) is 4.57 Å². The van der Waals surface area contributed by atoms with Crippen LogP contribution in [0.15, 0.2) is 21.5 Å². The van der Waals surface area contributed by atoms with Gasteiger partial charge in [0.15, 0.2) is 5.76 Å². The maximum absolute atomic E-state index is 11.4. The first kappa shape index (κ1) is 13.9. The van der Waals surface area contributed by atoms with E-state index in [1.165, 1.54) is 12.3 Å². The van der Waals surface area contributed by atoms with Gasteiger partial charge in [0.1, 0.15) is 11.0 Å². The van der Waals surface area contributed by atoms with Crippen LogP contribution in [-0.4, -0.2) is 19.8 Å². The molecule has 0 saturated heterocycles. The Hall–Kier alpha value is -1.56. The summed E-state index contributed by atoms with van der Waals surface area (Å²) in [7, 11) is -4.45. The third-order valence-corrected chi connectivity index (χ3v) is 3.58. The number of H-pyrrole nitrogens is 2. The van der Waals surface area contributed by atoms with E-state index in [4.69, 9.17) is 4.42 Å². The average Bonchev–Trinajstić information content (AvgIpc) is 2.82. The molecule has 0 spiro atoms. The molecule has 0 aliphatic rings. The molecule has 0 aromatic carbocycles. The molecule has 0 unspecified atom stereocenters. The molecular weight excluding hydrogens is 271 g/mol. The summed E-state index contributed by atoms with van der Waals surface area (Å²) in [6.45, 7) is 3.95. The largest absolute Gasteiger partial charge is 0.462 e. The molecule has 2 heterocycles. The van der Waals surface area contributed by atoms with E-state index in [0.29, 0.717) is 17.8 Å². The van der Waals surface area contributed by atoms with Crippen molar-refractivity contribution >= 4 is 12.9 Å². The standard InChI is InChI=1S/C11H15N2O5P/c1-6(2)5-7-9(13-11(14)12-7)10-8(3-4-18-10)19(15,16)17/h3-4,6H,5H2,1-2H3,(H2,12,13,14)(H2,15,16,17). The maximum Gasteiger partial charge on any atom is 0.360 e. The molecule has 104 valence electrons. The molecule has 0 aliphatic heterocycles. The van der Waals surface area contributed by atoms with Crippen molar-refractivity contribution in [3.63, 3.8) is 0 Å². The van der Waals surface area contributed by atoms with Crippen molar-refractivity contribution in [1.29, 1.82) is 0 Å². The lowest BCUT2D eigenvalue weighted by Crippen LogP contribution is -2.06. The average molecular weight is 286 g/mol. The van der Waals surface area contributed by atoms with Gasteiger partial charge in [0, 0.05) is 5.69 Å². The van der Waals surface area contributed by atoms with Crippen LogP contribution < -0.4 is 11.0 Å². The van der Waals surface area contributed by atoms with Crippen molar-refractivity contribution in [2.45, 2.75) is 20.3 Å². The molecule has 0 amide bonds. The van der Waals surface area contributed by atoms with Crippen LogP contribution in [0.4, 0.5) is 0 Å². The van der Waals surface area contributed by atoms with Crippen molar-refractivity contribution in [1.82, 2.24) is 9.97 Å². The molecule has 2 aromatic rings. The molecule has 0 saturated carbocycles. The highest BCUT2D eigenvalue weighted by molar-refractivity contribution is 7.60. The highest BCUT2D eigenvalue weighted by atomic mass is 31.2. The van der Waals surface area contributed by atoms with Crippen molar-refractivity contribution < 1.29 is 18.8 Å². The van der Waals surface area contributed by atoms with Gasteiger partial charge in [0.2, 0.25) is 0 Å². The van der Waals surface area contributed by atoms with Crippen molar-refractivity contribution in [2.75, 3.05) is 0 Å². The van der Waals surface area contributed by atoms with Gasteiger partial charge in [0.05, 0.1) is 6.26 Å². The molecule has 0 atom stereocenters. The van der Waals surface area contributed by atoms with Gasteiger partial charge in [-0.15, -0.1) is 0 Å². The van der Waals surface area contributed by atoms with Crippen LogP contribution in [0.3, 0.4) is 0 Å². The smallest absolute Gasteiger partial charge is 0.360 e. The number of nitrogens with one attached hydrogen (secondary N) is 2. The third-order valence-electron chi connectivity index (χ3n) is 2.60. The van der Waals surface area contributed by atoms with E-state index in [1.54, 1.807) is 0 Å². The lowest BCUT2D eigenvalue weighted by molar-refractivity contribution is 0.387. The summed E-state index contributed by atoms with van der Waals surface area (Å²) in [6.07, 6.45) is 1.75. The Labute approximate surface area is 108 Å². The molecule has 8 heteroatoms. The van der Waals surface area contributed by atoms with Gasteiger partial charge in [0.25, 0.3) is 0 Å². The van der Waals surface area contributed by atoms with Crippen LogP contribution in [0.25, 0.3) is 11.5 Å². The first-order valence-electron chi connectivity index (χ1n) is 5.74. The van der Waals surface area contributed by atoms with Gasteiger partial charge in [-0.2, -0.15) is 0 Å². The lowest BCUT2D eigenvalue weighted by atomic mass is 10.1. The molecule has 0 radical (unpaired) electrons. The summed E-state index contributed by atoms with van der Waals surface area (Å²) >= 11 is 0. The monoisotopic (exact) mass is 286 g/mol. The van der Waals surface area contributed by atoms with E-state index in [1.807, 2.05) is 13.8 Å². The molecule has 2 rings (SSSR count). The zero-order chi connectivity index (χ0) is 14.2. The van der Waals surface area contributed by atoms with Crippen LogP contribution in [0.5, 0.6) is 0 Å². The van der Waals surface area contributed by atoms with Gasteiger partial charge in [-0.25, -0.2) is 4.79 Å². The van der Waals surface area contributed by atoms with Crippen LogP contribution >= 0.6 is 7.60 Å². The molecule has 7 nitrogen and oxygen atoms in total. The molecule has 0 fully saturated rings. The lowest BCUT2D eigenvalue weighted by Gasteiger charge is -2.06. The van der Waals surface area contributed by atoms with E-state index in [-0.39, 0.29) is 17.0 Å². The summed E-state index contributed by atoms with van der Waals surface area (Å²) in [6, 6.07) is 1.21. The topological polar surface area (TPSA) is 119 Å². The van der Waals surface area contributed by atoms with Crippen LogP contribution in [0.2, 0.25) is 0 Å². The van der Waals surface area contributed by atoms with E-state index in [9.17, 15) is 19.1 Å². The summed E-state index contributed by atoms with van der Waals surface area (Å²) in [5.74, 6) is 0.279. The van der Waals surface area contributed by atoms with E-state index < -0.39 is 13.3 Å². The second-order valence-electron chi connectivity index (χ2n) is 4.71. The second-order valence-corrected chi connectivity index (χ2v) is 6.28. The molecule has 0 aliphatic carbocycles. The normalized spacial score (nSPS) is 12.3. The fourth-order valence-corrected chi connectivity index (χ4v) is 2.58. The zero-order valence-corrected chi connectivity index (χ0v) is 11.4. The van der Waals surface area contributed by atoms with Crippen molar-refractivity contribution in [3.8, 4) is 11.5 Å². The third kappa shape index (κ3) is 2.89. The van der Waals surface area contributed by atoms with Crippen LogP contribution in [-0.2, 0) is 11.0 Å². The minimum absolute atomic E-state index is 0.00216.